The van der Waals surface area contributed by atoms with Crippen LogP contribution in [0.1, 0.15) is 74.5 Å². The van der Waals surface area contributed by atoms with Crippen molar-refractivity contribution in [3.05, 3.63) is 76.2 Å². The summed E-state index contributed by atoms with van der Waals surface area (Å²) < 4.78 is 0. The summed E-state index contributed by atoms with van der Waals surface area (Å²) in [7, 11) is 0. The molecular formula is C37H50N4O2S. The molecule has 236 valence electrons. The second-order valence-corrected chi connectivity index (χ2v) is 14.7. The third-order valence-corrected chi connectivity index (χ3v) is 11.7. The molecule has 0 aromatic heterocycles. The van der Waals surface area contributed by atoms with Gasteiger partial charge in [0.1, 0.15) is 0 Å². The van der Waals surface area contributed by atoms with Crippen LogP contribution in [-0.4, -0.2) is 83.1 Å². The van der Waals surface area contributed by atoms with E-state index in [0.717, 1.165) is 73.9 Å². The Hall–Kier alpha value is -2.61. The maximum Gasteiger partial charge on any atom is 0.260 e. The van der Waals surface area contributed by atoms with Crippen molar-refractivity contribution in [3.63, 3.8) is 0 Å². The fourth-order valence-corrected chi connectivity index (χ4v) is 9.20. The minimum Gasteiger partial charge on any atom is -0.356 e. The number of nitrogens with one attached hydrogen (secondary N) is 1. The zero-order chi connectivity index (χ0) is 30.3. The van der Waals surface area contributed by atoms with Crippen LogP contribution in [0.25, 0.3) is 6.08 Å². The number of nitrogens with zero attached hydrogens (tertiary/aromatic N) is 3. The molecule has 4 fully saturated rings. The third kappa shape index (κ3) is 7.96. The van der Waals surface area contributed by atoms with E-state index in [0.29, 0.717) is 11.8 Å². The largest absolute Gasteiger partial charge is 0.356 e. The van der Waals surface area contributed by atoms with Crippen molar-refractivity contribution in [2.24, 2.45) is 5.92 Å². The van der Waals surface area contributed by atoms with Gasteiger partial charge in [-0.15, -0.1) is 11.8 Å². The predicted octanol–water partition coefficient (Wildman–Crippen LogP) is 6.11. The maximum atomic E-state index is 14.0. The number of benzene rings is 2. The molecule has 2 saturated heterocycles. The van der Waals surface area contributed by atoms with E-state index in [9.17, 15) is 9.59 Å². The molecule has 3 unspecified atom stereocenters. The predicted molar refractivity (Wildman–Crippen MR) is 181 cm³/mol. The average molecular weight is 615 g/mol. The summed E-state index contributed by atoms with van der Waals surface area (Å²) in [6, 6.07) is 19.5. The Bertz CT molecular complexity index is 1290. The topological polar surface area (TPSA) is 55.9 Å². The van der Waals surface area contributed by atoms with Gasteiger partial charge in [0.15, 0.2) is 0 Å². The van der Waals surface area contributed by atoms with E-state index in [2.05, 4.69) is 63.3 Å². The van der Waals surface area contributed by atoms with Crippen LogP contribution in [0.3, 0.4) is 0 Å². The van der Waals surface area contributed by atoms with Crippen molar-refractivity contribution >= 4 is 29.7 Å². The number of carbonyl (C=O) groups is 2. The Morgan fingerprint density at radius 3 is 2.52 bits per heavy atom. The second-order valence-electron chi connectivity index (χ2n) is 13.4. The van der Waals surface area contributed by atoms with Gasteiger partial charge in [0.05, 0.1) is 4.91 Å². The van der Waals surface area contributed by atoms with Crippen LogP contribution in [0.15, 0.2) is 59.5 Å². The van der Waals surface area contributed by atoms with Crippen LogP contribution >= 0.6 is 11.8 Å². The number of rotatable bonds is 9. The Morgan fingerprint density at radius 2 is 1.75 bits per heavy atom. The highest BCUT2D eigenvalue weighted by molar-refractivity contribution is 8.04. The number of carbonyl (C=O) groups excluding carboxylic acids is 2. The van der Waals surface area contributed by atoms with Gasteiger partial charge in [0, 0.05) is 62.5 Å². The van der Waals surface area contributed by atoms with Crippen LogP contribution in [0.4, 0.5) is 0 Å². The molecule has 2 aliphatic carbocycles. The molecule has 1 N–H and O–H groups in total. The molecule has 2 amide bonds. The van der Waals surface area contributed by atoms with E-state index < -0.39 is 0 Å². The molecule has 0 radical (unpaired) electrons. The van der Waals surface area contributed by atoms with Crippen molar-refractivity contribution in [2.45, 2.75) is 88.6 Å². The molecule has 2 aliphatic heterocycles. The van der Waals surface area contributed by atoms with Crippen molar-refractivity contribution < 1.29 is 9.59 Å². The molecule has 7 heteroatoms. The van der Waals surface area contributed by atoms with Crippen molar-refractivity contribution in [1.82, 2.24) is 20.0 Å². The summed E-state index contributed by atoms with van der Waals surface area (Å²) in [6.45, 7) is 9.16. The maximum absolute atomic E-state index is 14.0. The molecule has 2 aromatic rings. The molecule has 6 rings (SSSR count). The smallest absolute Gasteiger partial charge is 0.260 e. The zero-order valence-corrected chi connectivity index (χ0v) is 27.3. The second kappa shape index (κ2) is 15.1. The minimum absolute atomic E-state index is 0.0386. The van der Waals surface area contributed by atoms with E-state index in [-0.39, 0.29) is 23.8 Å². The lowest BCUT2D eigenvalue weighted by atomic mass is 9.83. The van der Waals surface area contributed by atoms with Gasteiger partial charge >= 0.3 is 0 Å². The van der Waals surface area contributed by atoms with Crippen LogP contribution in [0.2, 0.25) is 0 Å². The van der Waals surface area contributed by atoms with E-state index in [1.54, 1.807) is 11.8 Å². The first kappa shape index (κ1) is 31.4. The number of hydrogen-bond acceptors (Lipinski definition) is 5. The first-order chi connectivity index (χ1) is 21.5. The molecule has 2 aromatic carbocycles. The summed E-state index contributed by atoms with van der Waals surface area (Å²) in [5, 5.41) is 3.58. The monoisotopic (exact) mass is 614 g/mol. The Balaban J connectivity index is 1.02. The van der Waals surface area contributed by atoms with Gasteiger partial charge < -0.3 is 15.1 Å². The number of thioether (sulfide) groups is 1. The van der Waals surface area contributed by atoms with E-state index in [1.807, 2.05) is 24.3 Å². The lowest BCUT2D eigenvalue weighted by Gasteiger charge is -2.46. The molecule has 2 heterocycles. The van der Waals surface area contributed by atoms with Gasteiger partial charge in [0.2, 0.25) is 5.91 Å². The summed E-state index contributed by atoms with van der Waals surface area (Å²) in [6.07, 6.45) is 12.6. The number of amides is 2. The fourth-order valence-electron chi connectivity index (χ4n) is 7.78. The molecule has 3 atom stereocenters. The van der Waals surface area contributed by atoms with Gasteiger partial charge in [-0.25, -0.2) is 0 Å². The Morgan fingerprint density at radius 1 is 0.955 bits per heavy atom. The first-order valence-electron chi connectivity index (χ1n) is 17.1. The van der Waals surface area contributed by atoms with Gasteiger partial charge in [0.25, 0.3) is 5.91 Å². The molecule has 6 nitrogen and oxygen atoms in total. The minimum atomic E-state index is -0.0386. The zero-order valence-electron chi connectivity index (χ0n) is 26.5. The van der Waals surface area contributed by atoms with Crippen molar-refractivity contribution in [3.8, 4) is 0 Å². The van der Waals surface area contributed by atoms with Gasteiger partial charge in [-0.2, -0.15) is 0 Å². The van der Waals surface area contributed by atoms with Crippen LogP contribution < -0.4 is 5.32 Å². The van der Waals surface area contributed by atoms with E-state index >= 15 is 0 Å². The van der Waals surface area contributed by atoms with Crippen LogP contribution in [0, 0.1) is 12.8 Å². The van der Waals surface area contributed by atoms with E-state index in [4.69, 9.17) is 0 Å². The van der Waals surface area contributed by atoms with Gasteiger partial charge in [-0.05, 0) is 69.2 Å². The quantitative estimate of drug-likeness (QED) is 0.273. The average Bonchev–Trinajstić information content (AvgIpc) is 3.06. The van der Waals surface area contributed by atoms with Gasteiger partial charge in [-0.1, -0.05) is 79.4 Å². The number of piperazine rings is 1. The third-order valence-electron chi connectivity index (χ3n) is 10.3. The lowest BCUT2D eigenvalue weighted by molar-refractivity contribution is -0.133. The first-order valence-corrected chi connectivity index (χ1v) is 18.0. The number of hydrogen-bond donors (Lipinski definition) is 1. The molecule has 2 saturated carbocycles. The SMILES string of the molecule is Cc1cccc(CN2C(=O)/C(=C/c3ccccc3)SC3CCC(C(=O)NCCCN4CCN(C5CCCCC5)CC4)CC32)c1. The van der Waals surface area contributed by atoms with Crippen molar-refractivity contribution in [1.29, 1.82) is 0 Å². The normalized spacial score (nSPS) is 26.5. The highest BCUT2D eigenvalue weighted by Crippen LogP contribution is 2.44. The Labute approximate surface area is 268 Å². The molecule has 4 aliphatic rings. The van der Waals surface area contributed by atoms with Crippen LogP contribution in [-0.2, 0) is 16.1 Å². The number of aryl methyl sites for hydroxylation is 1. The Kier molecular flexibility index (Phi) is 10.8. The van der Waals surface area contributed by atoms with Crippen molar-refractivity contribution in [2.75, 3.05) is 39.3 Å². The summed E-state index contributed by atoms with van der Waals surface area (Å²) in [5.74, 6) is 0.221. The highest BCUT2D eigenvalue weighted by Gasteiger charge is 2.44. The molecular weight excluding hydrogens is 565 g/mol. The summed E-state index contributed by atoms with van der Waals surface area (Å²) >= 11 is 1.73. The highest BCUT2D eigenvalue weighted by atomic mass is 32.2. The van der Waals surface area contributed by atoms with E-state index in [1.165, 1.54) is 50.8 Å². The lowest BCUT2D eigenvalue weighted by Crippen LogP contribution is -2.53. The summed E-state index contributed by atoms with van der Waals surface area (Å²) in [4.78, 5) is 35.5. The van der Waals surface area contributed by atoms with Gasteiger partial charge in [-0.3, -0.25) is 14.5 Å². The number of fused-ring (bicyclic) bond motifs is 1. The van der Waals surface area contributed by atoms with Crippen LogP contribution in [0.5, 0.6) is 0 Å². The fraction of sp³-hybridized carbons (Fsp3) is 0.568. The molecule has 0 spiro atoms. The summed E-state index contributed by atoms with van der Waals surface area (Å²) in [5.41, 5.74) is 3.40. The molecule has 44 heavy (non-hydrogen) atoms. The standard InChI is InChI=1S/C37H50N4O2S/c1-28-10-8-13-30(24-28)27-41-33-26-31(16-17-34(33)44-35(37(41)43)25-29-11-4-2-5-12-29)36(42)38-18-9-19-39-20-22-40(23-21-39)32-14-6-3-7-15-32/h2,4-5,8,10-13,24-25,31-34H,3,6-7,9,14-23,26-27H2,1H3,(H,38,42)/b35-25-. The molecule has 0 bridgehead atoms.